The summed E-state index contributed by atoms with van der Waals surface area (Å²) in [5.74, 6) is 0.891. The minimum absolute atomic E-state index is 0.0126. The van der Waals surface area contributed by atoms with Gasteiger partial charge in [0, 0.05) is 26.3 Å². The average molecular weight is 414 g/mol. The molecular weight excluding hydrogens is 394 g/mol. The molecule has 0 heterocycles. The van der Waals surface area contributed by atoms with E-state index in [1.807, 2.05) is 61.5 Å². The first kappa shape index (κ1) is 19.9. The Morgan fingerprint density at radius 3 is 2.26 bits per heavy atom. The summed E-state index contributed by atoms with van der Waals surface area (Å²) in [6, 6.07) is 25.9. The standard InChI is InChI=1S/C22H20ClNOS2/c1-16(27-21-13-9-18(23)10-14-21)22(25)24-19-11-7-17(8-12-19)15-26-20-5-3-2-4-6-20/h2-14,16H,15H2,1H3,(H,24,25)/t16-/m1/s1. The summed E-state index contributed by atoms with van der Waals surface area (Å²) in [6.07, 6.45) is 0. The molecule has 0 spiro atoms. The van der Waals surface area contributed by atoms with Crippen molar-refractivity contribution in [2.45, 2.75) is 27.7 Å². The van der Waals surface area contributed by atoms with E-state index in [2.05, 4.69) is 29.6 Å². The predicted molar refractivity (Wildman–Crippen MR) is 118 cm³/mol. The number of halogens is 1. The number of anilines is 1. The molecule has 1 atom stereocenters. The van der Waals surface area contributed by atoms with Crippen molar-refractivity contribution in [2.75, 3.05) is 5.32 Å². The smallest absolute Gasteiger partial charge is 0.237 e. The Labute approximate surface area is 173 Å². The van der Waals surface area contributed by atoms with Crippen molar-refractivity contribution < 1.29 is 4.79 Å². The van der Waals surface area contributed by atoms with Gasteiger partial charge in [-0.05, 0) is 61.0 Å². The van der Waals surface area contributed by atoms with Gasteiger partial charge in [0.2, 0.25) is 5.91 Å². The van der Waals surface area contributed by atoms with E-state index in [1.54, 1.807) is 11.8 Å². The van der Waals surface area contributed by atoms with Crippen LogP contribution >= 0.6 is 35.1 Å². The summed E-state index contributed by atoms with van der Waals surface area (Å²) in [7, 11) is 0. The molecule has 0 aromatic heterocycles. The van der Waals surface area contributed by atoms with Gasteiger partial charge in [0.1, 0.15) is 0 Å². The van der Waals surface area contributed by atoms with E-state index in [0.29, 0.717) is 5.02 Å². The second-order valence-electron chi connectivity index (χ2n) is 6.00. The molecule has 0 saturated carbocycles. The molecule has 0 radical (unpaired) electrons. The van der Waals surface area contributed by atoms with Gasteiger partial charge in [-0.3, -0.25) is 4.79 Å². The fourth-order valence-corrected chi connectivity index (χ4v) is 4.25. The maximum Gasteiger partial charge on any atom is 0.237 e. The van der Waals surface area contributed by atoms with Crippen LogP contribution in [0.15, 0.2) is 88.7 Å². The van der Waals surface area contributed by atoms with Gasteiger partial charge in [-0.25, -0.2) is 0 Å². The van der Waals surface area contributed by atoms with Crippen molar-refractivity contribution in [3.8, 4) is 0 Å². The van der Waals surface area contributed by atoms with Crippen LogP contribution in [0.4, 0.5) is 5.69 Å². The first-order valence-electron chi connectivity index (χ1n) is 8.60. The number of carbonyl (C=O) groups is 1. The summed E-state index contributed by atoms with van der Waals surface area (Å²) < 4.78 is 0. The van der Waals surface area contributed by atoms with Gasteiger partial charge in [-0.15, -0.1) is 23.5 Å². The number of rotatable bonds is 7. The Bertz CT molecular complexity index is 867. The van der Waals surface area contributed by atoms with E-state index in [-0.39, 0.29) is 11.2 Å². The fraction of sp³-hybridized carbons (Fsp3) is 0.136. The lowest BCUT2D eigenvalue weighted by Crippen LogP contribution is -2.22. The number of hydrogen-bond acceptors (Lipinski definition) is 3. The van der Waals surface area contributed by atoms with Crippen LogP contribution in [0.1, 0.15) is 12.5 Å². The zero-order valence-corrected chi connectivity index (χ0v) is 17.3. The van der Waals surface area contributed by atoms with E-state index in [9.17, 15) is 4.79 Å². The minimum Gasteiger partial charge on any atom is -0.325 e. The van der Waals surface area contributed by atoms with Crippen molar-refractivity contribution in [3.63, 3.8) is 0 Å². The van der Waals surface area contributed by atoms with Gasteiger partial charge < -0.3 is 5.32 Å². The molecule has 0 bridgehead atoms. The minimum atomic E-state index is -0.195. The molecule has 0 unspecified atom stereocenters. The predicted octanol–water partition coefficient (Wildman–Crippen LogP) is 6.75. The maximum atomic E-state index is 12.4. The Kier molecular flexibility index (Phi) is 7.27. The largest absolute Gasteiger partial charge is 0.325 e. The molecule has 3 rings (SSSR count). The van der Waals surface area contributed by atoms with Crippen molar-refractivity contribution in [1.29, 1.82) is 0 Å². The third-order valence-electron chi connectivity index (χ3n) is 3.87. The topological polar surface area (TPSA) is 29.1 Å². The summed E-state index contributed by atoms with van der Waals surface area (Å²) >= 11 is 9.21. The van der Waals surface area contributed by atoms with Gasteiger partial charge >= 0.3 is 0 Å². The SMILES string of the molecule is C[C@@H](Sc1ccc(Cl)cc1)C(=O)Nc1ccc(CSc2ccccc2)cc1. The molecule has 1 amide bonds. The molecule has 0 aliphatic heterocycles. The molecule has 2 nitrogen and oxygen atoms in total. The van der Waals surface area contributed by atoms with Gasteiger partial charge in [-0.1, -0.05) is 41.9 Å². The fourth-order valence-electron chi connectivity index (χ4n) is 2.38. The van der Waals surface area contributed by atoms with Gasteiger partial charge in [0.15, 0.2) is 0 Å². The summed E-state index contributed by atoms with van der Waals surface area (Å²) in [5.41, 5.74) is 2.04. The van der Waals surface area contributed by atoms with Crippen LogP contribution in [0.3, 0.4) is 0 Å². The lowest BCUT2D eigenvalue weighted by molar-refractivity contribution is -0.115. The molecule has 0 fully saturated rings. The molecule has 27 heavy (non-hydrogen) atoms. The van der Waals surface area contributed by atoms with E-state index in [1.165, 1.54) is 22.2 Å². The molecule has 5 heteroatoms. The van der Waals surface area contributed by atoms with Gasteiger partial charge in [-0.2, -0.15) is 0 Å². The Morgan fingerprint density at radius 2 is 1.59 bits per heavy atom. The molecule has 138 valence electrons. The van der Waals surface area contributed by atoms with Crippen molar-refractivity contribution in [2.24, 2.45) is 0 Å². The number of carbonyl (C=O) groups excluding carboxylic acids is 1. The first-order valence-corrected chi connectivity index (χ1v) is 10.8. The summed E-state index contributed by atoms with van der Waals surface area (Å²) in [6.45, 7) is 1.90. The molecule has 3 aromatic carbocycles. The van der Waals surface area contributed by atoms with E-state index in [4.69, 9.17) is 11.6 Å². The number of thioether (sulfide) groups is 2. The first-order chi connectivity index (χ1) is 13.1. The highest BCUT2D eigenvalue weighted by Crippen LogP contribution is 2.26. The van der Waals surface area contributed by atoms with Crippen LogP contribution < -0.4 is 5.32 Å². The van der Waals surface area contributed by atoms with E-state index < -0.39 is 0 Å². The Balaban J connectivity index is 1.51. The van der Waals surface area contributed by atoms with Crippen molar-refractivity contribution in [3.05, 3.63) is 89.4 Å². The molecule has 0 saturated heterocycles. The van der Waals surface area contributed by atoms with Crippen LogP contribution in [0.2, 0.25) is 5.02 Å². The van der Waals surface area contributed by atoms with Crippen LogP contribution in [0.5, 0.6) is 0 Å². The third kappa shape index (κ3) is 6.35. The summed E-state index contributed by atoms with van der Waals surface area (Å²) in [5, 5.41) is 3.48. The van der Waals surface area contributed by atoms with Crippen molar-refractivity contribution >= 4 is 46.7 Å². The van der Waals surface area contributed by atoms with Gasteiger partial charge in [0.05, 0.1) is 5.25 Å². The number of hydrogen-bond donors (Lipinski definition) is 1. The second-order valence-corrected chi connectivity index (χ2v) is 8.90. The van der Waals surface area contributed by atoms with Crippen LogP contribution in [-0.2, 0) is 10.5 Å². The van der Waals surface area contributed by atoms with Crippen LogP contribution in [-0.4, -0.2) is 11.2 Å². The lowest BCUT2D eigenvalue weighted by atomic mass is 10.2. The monoisotopic (exact) mass is 413 g/mol. The zero-order valence-electron chi connectivity index (χ0n) is 14.9. The van der Waals surface area contributed by atoms with E-state index in [0.717, 1.165) is 16.3 Å². The van der Waals surface area contributed by atoms with Gasteiger partial charge in [0.25, 0.3) is 0 Å². The average Bonchev–Trinajstić information content (AvgIpc) is 2.70. The number of nitrogens with one attached hydrogen (secondary N) is 1. The molecule has 0 aliphatic rings. The van der Waals surface area contributed by atoms with Crippen LogP contribution in [0.25, 0.3) is 0 Å². The van der Waals surface area contributed by atoms with Crippen LogP contribution in [0, 0.1) is 0 Å². The maximum absolute atomic E-state index is 12.4. The Hall–Kier alpha value is -1.88. The highest BCUT2D eigenvalue weighted by Gasteiger charge is 2.14. The highest BCUT2D eigenvalue weighted by atomic mass is 35.5. The zero-order chi connectivity index (χ0) is 19.1. The number of amides is 1. The Morgan fingerprint density at radius 1 is 0.926 bits per heavy atom. The number of benzene rings is 3. The van der Waals surface area contributed by atoms with Crippen molar-refractivity contribution in [1.82, 2.24) is 0 Å². The lowest BCUT2D eigenvalue weighted by Gasteiger charge is -2.12. The molecular formula is C22H20ClNOS2. The van der Waals surface area contributed by atoms with E-state index >= 15 is 0 Å². The molecule has 3 aromatic rings. The molecule has 1 N–H and O–H groups in total. The summed E-state index contributed by atoms with van der Waals surface area (Å²) in [4.78, 5) is 14.7. The highest BCUT2D eigenvalue weighted by molar-refractivity contribution is 8.00. The third-order valence-corrected chi connectivity index (χ3v) is 6.31. The second kappa shape index (κ2) is 9.88. The molecule has 0 aliphatic carbocycles. The normalized spacial score (nSPS) is 11.8. The quantitative estimate of drug-likeness (QED) is 0.434.